The van der Waals surface area contributed by atoms with Gasteiger partial charge in [-0.1, -0.05) is 62.9 Å². The number of unbranched alkanes of at least 4 members (excludes halogenated alkanes) is 2. The van der Waals surface area contributed by atoms with E-state index in [9.17, 15) is 8.78 Å². The van der Waals surface area contributed by atoms with Crippen LogP contribution in [0.1, 0.15) is 92.9 Å². The molecule has 1 saturated carbocycles. The molecule has 0 aromatic heterocycles. The third kappa shape index (κ3) is 4.79. The van der Waals surface area contributed by atoms with Crippen LogP contribution in [0, 0.1) is 17.6 Å². The summed E-state index contributed by atoms with van der Waals surface area (Å²) < 4.78 is 27.6. The van der Waals surface area contributed by atoms with Gasteiger partial charge in [0.25, 0.3) is 0 Å². The van der Waals surface area contributed by atoms with Crippen molar-refractivity contribution in [3.05, 3.63) is 70.3 Å². The minimum atomic E-state index is -0.501. The Morgan fingerprint density at radius 2 is 1.66 bits per heavy atom. The zero-order chi connectivity index (χ0) is 20.2. The van der Waals surface area contributed by atoms with Gasteiger partial charge in [0.15, 0.2) is 0 Å². The molecule has 2 aromatic rings. The quantitative estimate of drug-likeness (QED) is 0.432. The van der Waals surface area contributed by atoms with Crippen LogP contribution in [0.2, 0.25) is 0 Å². The van der Waals surface area contributed by atoms with Crippen molar-refractivity contribution in [3.8, 4) is 0 Å². The van der Waals surface area contributed by atoms with Crippen LogP contribution in [0.15, 0.2) is 36.4 Å². The van der Waals surface area contributed by atoms with Crippen molar-refractivity contribution in [3.63, 3.8) is 0 Å². The van der Waals surface area contributed by atoms with Crippen LogP contribution in [0.25, 0.3) is 11.6 Å². The van der Waals surface area contributed by atoms with Crippen molar-refractivity contribution in [2.45, 2.75) is 77.0 Å². The van der Waals surface area contributed by atoms with Crippen LogP contribution < -0.4 is 0 Å². The molecule has 0 bridgehead atoms. The average molecular weight is 395 g/mol. The van der Waals surface area contributed by atoms with Crippen molar-refractivity contribution in [1.82, 2.24) is 0 Å². The van der Waals surface area contributed by atoms with E-state index in [0.717, 1.165) is 18.4 Å². The highest BCUT2D eigenvalue weighted by Gasteiger charge is 2.22. The van der Waals surface area contributed by atoms with Crippen LogP contribution in [0.5, 0.6) is 0 Å². The minimum Gasteiger partial charge on any atom is -0.207 e. The van der Waals surface area contributed by atoms with Crippen molar-refractivity contribution in [1.29, 1.82) is 0 Å². The Morgan fingerprint density at radius 1 is 0.897 bits per heavy atom. The fraction of sp³-hybridized carbons (Fsp3) is 0.481. The summed E-state index contributed by atoms with van der Waals surface area (Å²) in [6.45, 7) is 2.28. The molecule has 1 fully saturated rings. The van der Waals surface area contributed by atoms with Crippen LogP contribution in [0.4, 0.5) is 8.78 Å². The normalized spacial score (nSPS) is 21.6. The van der Waals surface area contributed by atoms with E-state index in [2.05, 4.69) is 31.2 Å². The van der Waals surface area contributed by atoms with E-state index in [1.165, 1.54) is 74.1 Å². The second kappa shape index (κ2) is 9.24. The molecule has 2 aliphatic carbocycles. The Hall–Kier alpha value is -1.96. The van der Waals surface area contributed by atoms with Gasteiger partial charge in [-0.15, -0.1) is 0 Å². The Morgan fingerprint density at radius 3 is 2.38 bits per heavy atom. The highest BCUT2D eigenvalue weighted by Crippen LogP contribution is 2.39. The summed E-state index contributed by atoms with van der Waals surface area (Å²) in [7, 11) is 0. The van der Waals surface area contributed by atoms with Gasteiger partial charge in [-0.2, -0.15) is 0 Å². The Kier molecular flexibility index (Phi) is 6.47. The third-order valence-corrected chi connectivity index (χ3v) is 6.98. The summed E-state index contributed by atoms with van der Waals surface area (Å²) in [6.07, 6.45) is 14.3. The second-order valence-electron chi connectivity index (χ2n) is 8.96. The largest absolute Gasteiger partial charge is 0.207 e. The minimum absolute atomic E-state index is 0.420. The molecule has 2 heteroatoms. The molecule has 0 spiro atoms. The lowest BCUT2D eigenvalue weighted by atomic mass is 9.77. The van der Waals surface area contributed by atoms with Gasteiger partial charge in [0.05, 0.1) is 0 Å². The Bertz CT molecular complexity index is 855. The predicted molar refractivity (Wildman–Crippen MR) is 118 cm³/mol. The van der Waals surface area contributed by atoms with Crippen LogP contribution in [-0.4, -0.2) is 0 Å². The summed E-state index contributed by atoms with van der Waals surface area (Å²) >= 11 is 0. The molecule has 29 heavy (non-hydrogen) atoms. The molecular weight excluding hydrogens is 362 g/mol. The molecule has 2 aromatic carbocycles. The van der Waals surface area contributed by atoms with Gasteiger partial charge < -0.3 is 0 Å². The maximum absolute atomic E-state index is 14.0. The Labute approximate surface area is 174 Å². The lowest BCUT2D eigenvalue weighted by molar-refractivity contribution is 0.303. The standard InChI is InChI=1S/C27H32F2/c1-2-3-4-5-19-6-8-20(9-7-19)21-10-12-22(13-11-21)23-14-15-26-24(16-23)17-25(28)18-27(26)29/h10-13,16-20H,2-9,14-15H2,1H3. The smallest absolute Gasteiger partial charge is 0.129 e. The maximum atomic E-state index is 14.0. The first kappa shape index (κ1) is 20.3. The van der Waals surface area contributed by atoms with Gasteiger partial charge in [-0.3, -0.25) is 0 Å². The molecule has 0 N–H and O–H groups in total. The van der Waals surface area contributed by atoms with Crippen molar-refractivity contribution < 1.29 is 8.78 Å². The molecule has 0 radical (unpaired) electrons. The lowest BCUT2D eigenvalue weighted by Crippen LogP contribution is -2.13. The number of hydrogen-bond donors (Lipinski definition) is 0. The number of allylic oxidation sites excluding steroid dienone is 1. The van der Waals surface area contributed by atoms with Crippen LogP contribution >= 0.6 is 0 Å². The Balaban J connectivity index is 1.41. The fourth-order valence-electron chi connectivity index (χ4n) is 5.20. The first-order chi connectivity index (χ1) is 14.1. The lowest BCUT2D eigenvalue weighted by Gasteiger charge is -2.29. The van der Waals surface area contributed by atoms with Gasteiger partial charge >= 0.3 is 0 Å². The molecule has 0 amide bonds. The topological polar surface area (TPSA) is 0 Å². The molecule has 0 heterocycles. The van der Waals surface area contributed by atoms with Crippen LogP contribution in [0.3, 0.4) is 0 Å². The van der Waals surface area contributed by atoms with E-state index in [1.807, 2.05) is 6.08 Å². The summed E-state index contributed by atoms with van der Waals surface area (Å²) in [5, 5.41) is 0. The number of fused-ring (bicyclic) bond motifs is 1. The highest BCUT2D eigenvalue weighted by molar-refractivity contribution is 5.84. The van der Waals surface area contributed by atoms with Gasteiger partial charge in [0.2, 0.25) is 0 Å². The van der Waals surface area contributed by atoms with E-state index >= 15 is 0 Å². The molecular formula is C27H32F2. The first-order valence-electron chi connectivity index (χ1n) is 11.4. The van der Waals surface area contributed by atoms with E-state index in [-0.39, 0.29) is 0 Å². The van der Waals surface area contributed by atoms with Crippen molar-refractivity contribution in [2.24, 2.45) is 5.92 Å². The fourth-order valence-corrected chi connectivity index (χ4v) is 5.20. The average Bonchev–Trinajstić information content (AvgIpc) is 2.74. The van der Waals surface area contributed by atoms with E-state index in [0.29, 0.717) is 23.5 Å². The monoisotopic (exact) mass is 394 g/mol. The van der Waals surface area contributed by atoms with E-state index in [1.54, 1.807) is 0 Å². The van der Waals surface area contributed by atoms with Crippen LogP contribution in [-0.2, 0) is 6.42 Å². The molecule has 0 nitrogen and oxygen atoms in total. The van der Waals surface area contributed by atoms with Gasteiger partial charge in [0, 0.05) is 6.07 Å². The number of rotatable bonds is 6. The predicted octanol–water partition coefficient (Wildman–Crippen LogP) is 8.31. The summed E-state index contributed by atoms with van der Waals surface area (Å²) in [5.74, 6) is 0.705. The zero-order valence-corrected chi connectivity index (χ0v) is 17.5. The number of halogens is 2. The molecule has 154 valence electrons. The van der Waals surface area contributed by atoms with Gasteiger partial charge in [-0.05, 0) is 84.3 Å². The van der Waals surface area contributed by atoms with Gasteiger partial charge in [0.1, 0.15) is 11.6 Å². The van der Waals surface area contributed by atoms with E-state index < -0.39 is 11.6 Å². The number of benzene rings is 2. The molecule has 0 atom stereocenters. The van der Waals surface area contributed by atoms with E-state index in [4.69, 9.17) is 0 Å². The molecule has 0 saturated heterocycles. The highest BCUT2D eigenvalue weighted by atomic mass is 19.1. The zero-order valence-electron chi connectivity index (χ0n) is 17.5. The molecule has 2 aliphatic rings. The first-order valence-corrected chi connectivity index (χ1v) is 11.4. The molecule has 4 rings (SSSR count). The second-order valence-corrected chi connectivity index (χ2v) is 8.96. The van der Waals surface area contributed by atoms with Crippen molar-refractivity contribution >= 4 is 11.6 Å². The molecule has 0 unspecified atom stereocenters. The summed E-state index contributed by atoms with van der Waals surface area (Å²) in [4.78, 5) is 0. The van der Waals surface area contributed by atoms with Crippen molar-refractivity contribution in [2.75, 3.05) is 0 Å². The maximum Gasteiger partial charge on any atom is 0.129 e. The van der Waals surface area contributed by atoms with Gasteiger partial charge in [-0.25, -0.2) is 8.78 Å². The summed E-state index contributed by atoms with van der Waals surface area (Å²) in [5.41, 5.74) is 5.14. The summed E-state index contributed by atoms with van der Waals surface area (Å²) in [6, 6.07) is 11.4. The molecule has 0 aliphatic heterocycles. The number of hydrogen-bond acceptors (Lipinski definition) is 0. The third-order valence-electron chi connectivity index (χ3n) is 6.98. The SMILES string of the molecule is CCCCCC1CCC(c2ccc(C3=Cc4cc(F)cc(F)c4CC3)cc2)CC1.